The summed E-state index contributed by atoms with van der Waals surface area (Å²) in [6.45, 7) is 8.95. The van der Waals surface area contributed by atoms with Crippen LogP contribution in [-0.4, -0.2) is 16.9 Å². The molecule has 1 aromatic carbocycles. The summed E-state index contributed by atoms with van der Waals surface area (Å²) in [5.41, 5.74) is 1.49. The Kier molecular flexibility index (Phi) is 7.11. The van der Waals surface area contributed by atoms with Gasteiger partial charge in [0.05, 0.1) is 5.69 Å². The molecule has 0 bridgehead atoms. The number of esters is 1. The van der Waals surface area contributed by atoms with E-state index < -0.39 is 5.97 Å². The average Bonchev–Trinajstić information content (AvgIpc) is 2.49. The van der Waals surface area contributed by atoms with Crippen LogP contribution in [0.4, 0.5) is 5.69 Å². The molecule has 1 aromatic heterocycles. The lowest BCUT2D eigenvalue weighted by Crippen LogP contribution is -2.14. The number of rotatable bonds is 2. The van der Waals surface area contributed by atoms with Gasteiger partial charge in [-0.2, -0.15) is 0 Å². The second-order valence-electron chi connectivity index (χ2n) is 6.26. The molecule has 1 N–H and O–H groups in total. The molecule has 0 aliphatic rings. The number of carbonyl (C=O) groups excluding carboxylic acids is 2. The Morgan fingerprint density at radius 1 is 1.04 bits per heavy atom. The molecular formula is C19H24N2O3. The molecule has 2 aromatic rings. The minimum atomic E-state index is -0.410. The molecule has 5 nitrogen and oxygen atoms in total. The maximum atomic E-state index is 11.1. The molecule has 5 heteroatoms. The summed E-state index contributed by atoms with van der Waals surface area (Å²) in [4.78, 5) is 25.9. The number of benzene rings is 1. The number of aromatic nitrogens is 1. The maximum Gasteiger partial charge on any atom is 0.308 e. The SMILES string of the molecule is CC(=O)Nc1ccc(C(C)(C)C)cc1OC(C)=O.c1ccncc1. The second-order valence-corrected chi connectivity index (χ2v) is 6.26. The normalized spacial score (nSPS) is 10.2. The first-order valence-electron chi connectivity index (χ1n) is 7.65. The van der Waals surface area contributed by atoms with Crippen molar-refractivity contribution in [2.24, 2.45) is 0 Å². The highest BCUT2D eigenvalue weighted by molar-refractivity contribution is 5.91. The van der Waals surface area contributed by atoms with Gasteiger partial charge in [0.2, 0.25) is 5.91 Å². The second kappa shape index (κ2) is 8.82. The van der Waals surface area contributed by atoms with E-state index in [2.05, 4.69) is 31.1 Å². The number of pyridine rings is 1. The van der Waals surface area contributed by atoms with Crippen molar-refractivity contribution in [2.75, 3.05) is 5.32 Å². The van der Waals surface area contributed by atoms with Crippen molar-refractivity contribution in [1.82, 2.24) is 4.98 Å². The van der Waals surface area contributed by atoms with Crippen molar-refractivity contribution in [3.05, 3.63) is 54.4 Å². The lowest BCUT2D eigenvalue weighted by Gasteiger charge is -2.21. The van der Waals surface area contributed by atoms with Crippen molar-refractivity contribution in [3.63, 3.8) is 0 Å². The van der Waals surface area contributed by atoms with Gasteiger partial charge in [0, 0.05) is 26.2 Å². The number of ether oxygens (including phenoxy) is 1. The Morgan fingerprint density at radius 3 is 2.04 bits per heavy atom. The van der Waals surface area contributed by atoms with E-state index >= 15 is 0 Å². The summed E-state index contributed by atoms with van der Waals surface area (Å²) in [6.07, 6.45) is 3.50. The molecule has 1 amide bonds. The Morgan fingerprint density at radius 2 is 1.67 bits per heavy atom. The van der Waals surface area contributed by atoms with E-state index in [4.69, 9.17) is 4.74 Å². The zero-order valence-electron chi connectivity index (χ0n) is 14.8. The van der Waals surface area contributed by atoms with Crippen LogP contribution in [0, 0.1) is 0 Å². The van der Waals surface area contributed by atoms with Crippen LogP contribution in [0.25, 0.3) is 0 Å². The van der Waals surface area contributed by atoms with E-state index in [1.54, 1.807) is 24.5 Å². The maximum absolute atomic E-state index is 11.1. The Balaban J connectivity index is 0.000000400. The van der Waals surface area contributed by atoms with Gasteiger partial charge in [0.1, 0.15) is 0 Å². The Labute approximate surface area is 143 Å². The highest BCUT2D eigenvalue weighted by Gasteiger charge is 2.17. The molecule has 0 aliphatic heterocycles. The Bertz CT molecular complexity index is 650. The van der Waals surface area contributed by atoms with Gasteiger partial charge in [-0.25, -0.2) is 0 Å². The molecule has 0 saturated heterocycles. The summed E-state index contributed by atoms with van der Waals surface area (Å²) >= 11 is 0. The van der Waals surface area contributed by atoms with Crippen LogP contribution >= 0.6 is 0 Å². The largest absolute Gasteiger partial charge is 0.424 e. The number of amides is 1. The number of carbonyl (C=O) groups is 2. The number of anilines is 1. The molecule has 2 rings (SSSR count). The van der Waals surface area contributed by atoms with Crippen LogP contribution in [-0.2, 0) is 15.0 Å². The van der Waals surface area contributed by atoms with Gasteiger partial charge in [0.25, 0.3) is 0 Å². The predicted molar refractivity (Wildman–Crippen MR) is 95.0 cm³/mol. The summed E-state index contributed by atoms with van der Waals surface area (Å²) in [5.74, 6) is -0.232. The van der Waals surface area contributed by atoms with Crippen LogP contribution in [0.5, 0.6) is 5.75 Å². The zero-order valence-corrected chi connectivity index (χ0v) is 14.8. The zero-order chi connectivity index (χ0) is 18.2. The van der Waals surface area contributed by atoms with Crippen molar-refractivity contribution in [2.45, 2.75) is 40.0 Å². The highest BCUT2D eigenvalue weighted by atomic mass is 16.5. The average molecular weight is 328 g/mol. The van der Waals surface area contributed by atoms with Gasteiger partial charge in [-0.3, -0.25) is 14.6 Å². The third-order valence-corrected chi connectivity index (χ3v) is 2.98. The van der Waals surface area contributed by atoms with E-state index in [0.29, 0.717) is 11.4 Å². The smallest absolute Gasteiger partial charge is 0.308 e. The molecule has 1 heterocycles. The number of hydrogen-bond donors (Lipinski definition) is 1. The Hall–Kier alpha value is -2.69. The van der Waals surface area contributed by atoms with E-state index in [-0.39, 0.29) is 11.3 Å². The first kappa shape index (κ1) is 19.4. The van der Waals surface area contributed by atoms with Crippen molar-refractivity contribution in [3.8, 4) is 5.75 Å². The van der Waals surface area contributed by atoms with E-state index in [0.717, 1.165) is 5.56 Å². The number of hydrogen-bond acceptors (Lipinski definition) is 4. The van der Waals surface area contributed by atoms with Crippen LogP contribution in [0.1, 0.15) is 40.2 Å². The summed E-state index contributed by atoms with van der Waals surface area (Å²) in [5, 5.41) is 2.64. The van der Waals surface area contributed by atoms with Gasteiger partial charge < -0.3 is 10.1 Å². The molecule has 0 radical (unpaired) electrons. The van der Waals surface area contributed by atoms with E-state index in [1.165, 1.54) is 13.8 Å². The lowest BCUT2D eigenvalue weighted by atomic mass is 9.87. The molecule has 0 aliphatic carbocycles. The summed E-state index contributed by atoms with van der Waals surface area (Å²) in [7, 11) is 0. The van der Waals surface area contributed by atoms with Gasteiger partial charge in [0.15, 0.2) is 5.75 Å². The fourth-order valence-corrected chi connectivity index (χ4v) is 1.83. The quantitative estimate of drug-likeness (QED) is 0.669. The van der Waals surface area contributed by atoms with Crippen LogP contribution in [0.2, 0.25) is 0 Å². The minimum absolute atomic E-state index is 0.0519. The minimum Gasteiger partial charge on any atom is -0.424 e. The highest BCUT2D eigenvalue weighted by Crippen LogP contribution is 2.31. The molecule has 0 unspecified atom stereocenters. The van der Waals surface area contributed by atoms with Gasteiger partial charge in [-0.15, -0.1) is 0 Å². The molecule has 0 saturated carbocycles. The monoisotopic (exact) mass is 328 g/mol. The first-order valence-corrected chi connectivity index (χ1v) is 7.65. The van der Waals surface area contributed by atoms with Gasteiger partial charge in [-0.05, 0) is 35.2 Å². The van der Waals surface area contributed by atoms with Crippen LogP contribution < -0.4 is 10.1 Å². The lowest BCUT2D eigenvalue weighted by molar-refractivity contribution is -0.131. The standard InChI is InChI=1S/C14H19NO3.C5H5N/c1-9(16)15-12-7-6-11(14(3,4)5)8-13(12)18-10(2)17;1-2-4-6-5-3-1/h6-8H,1-5H3,(H,15,16);1-5H. The number of nitrogens with zero attached hydrogens (tertiary/aromatic N) is 1. The molecule has 0 atom stereocenters. The van der Waals surface area contributed by atoms with Gasteiger partial charge >= 0.3 is 5.97 Å². The third kappa shape index (κ3) is 7.05. The van der Waals surface area contributed by atoms with Crippen molar-refractivity contribution < 1.29 is 14.3 Å². The van der Waals surface area contributed by atoms with E-state index in [1.807, 2.05) is 24.3 Å². The summed E-state index contributed by atoms with van der Waals surface area (Å²) in [6, 6.07) is 11.2. The molecular weight excluding hydrogens is 304 g/mol. The van der Waals surface area contributed by atoms with Crippen LogP contribution in [0.3, 0.4) is 0 Å². The van der Waals surface area contributed by atoms with Crippen LogP contribution in [0.15, 0.2) is 48.8 Å². The fourth-order valence-electron chi connectivity index (χ4n) is 1.83. The van der Waals surface area contributed by atoms with Crippen molar-refractivity contribution >= 4 is 17.6 Å². The molecule has 128 valence electrons. The van der Waals surface area contributed by atoms with E-state index in [9.17, 15) is 9.59 Å². The molecule has 24 heavy (non-hydrogen) atoms. The summed E-state index contributed by atoms with van der Waals surface area (Å²) < 4.78 is 5.13. The van der Waals surface area contributed by atoms with Crippen molar-refractivity contribution in [1.29, 1.82) is 0 Å². The first-order chi connectivity index (χ1) is 11.2. The third-order valence-electron chi connectivity index (χ3n) is 2.98. The number of nitrogens with one attached hydrogen (secondary N) is 1. The molecule has 0 fully saturated rings. The fraction of sp³-hybridized carbons (Fsp3) is 0.316. The predicted octanol–water partition coefficient (Wildman–Crippen LogP) is 3.95. The topological polar surface area (TPSA) is 68.3 Å². The molecule has 0 spiro atoms. The van der Waals surface area contributed by atoms with Gasteiger partial charge in [-0.1, -0.05) is 32.9 Å².